The summed E-state index contributed by atoms with van der Waals surface area (Å²) in [5.41, 5.74) is 0.993. The van der Waals surface area contributed by atoms with Crippen LogP contribution in [0.3, 0.4) is 0 Å². The molecule has 0 aliphatic carbocycles. The lowest BCUT2D eigenvalue weighted by molar-refractivity contribution is 0.173. The Labute approximate surface area is 64.5 Å². The van der Waals surface area contributed by atoms with Crippen LogP contribution in [0, 0.1) is 6.92 Å². The van der Waals surface area contributed by atoms with Crippen LogP contribution in [-0.2, 0) is 0 Å². The molecule has 0 aliphatic rings. The molecular weight excluding hydrogens is 146 g/mol. The van der Waals surface area contributed by atoms with Crippen molar-refractivity contribution in [2.45, 2.75) is 26.4 Å². The van der Waals surface area contributed by atoms with Crippen molar-refractivity contribution in [3.05, 3.63) is 16.1 Å². The fourth-order valence-electron chi connectivity index (χ4n) is 0.700. The standard InChI is InChI=1S/C7H11NOS/c1-3-6(9)7-8-5(2)4-10-7/h4,6,9H,3H2,1-2H3. The molecular formula is C7H11NOS. The average molecular weight is 157 g/mol. The van der Waals surface area contributed by atoms with E-state index in [2.05, 4.69) is 4.98 Å². The van der Waals surface area contributed by atoms with Crippen LogP contribution in [0.4, 0.5) is 0 Å². The number of aliphatic hydroxyl groups is 1. The third-order valence-electron chi connectivity index (χ3n) is 1.31. The molecule has 0 fully saturated rings. The van der Waals surface area contributed by atoms with Gasteiger partial charge in [-0.2, -0.15) is 0 Å². The maximum atomic E-state index is 9.29. The fraction of sp³-hybridized carbons (Fsp3) is 0.571. The number of hydrogen-bond donors (Lipinski definition) is 1. The fourth-order valence-corrected chi connectivity index (χ4v) is 1.56. The number of thiazole rings is 1. The minimum atomic E-state index is -0.362. The number of nitrogens with zero attached hydrogens (tertiary/aromatic N) is 1. The summed E-state index contributed by atoms with van der Waals surface area (Å²) in [6.07, 6.45) is 0.381. The molecule has 0 saturated heterocycles. The van der Waals surface area contributed by atoms with Crippen molar-refractivity contribution in [3.63, 3.8) is 0 Å². The first-order valence-corrected chi connectivity index (χ1v) is 4.22. The van der Waals surface area contributed by atoms with Crippen LogP contribution in [0.1, 0.15) is 30.2 Å². The monoisotopic (exact) mass is 157 g/mol. The van der Waals surface area contributed by atoms with E-state index in [1.54, 1.807) is 0 Å². The zero-order chi connectivity index (χ0) is 7.56. The van der Waals surface area contributed by atoms with Gasteiger partial charge >= 0.3 is 0 Å². The van der Waals surface area contributed by atoms with Gasteiger partial charge in [-0.15, -0.1) is 11.3 Å². The normalized spacial score (nSPS) is 13.5. The zero-order valence-corrected chi connectivity index (χ0v) is 6.98. The Morgan fingerprint density at radius 2 is 2.50 bits per heavy atom. The Bertz CT molecular complexity index is 209. The largest absolute Gasteiger partial charge is 0.386 e. The highest BCUT2D eigenvalue weighted by Crippen LogP contribution is 2.19. The van der Waals surface area contributed by atoms with Gasteiger partial charge in [0.05, 0.1) is 0 Å². The van der Waals surface area contributed by atoms with Crippen LogP contribution in [0.25, 0.3) is 0 Å². The van der Waals surface area contributed by atoms with E-state index in [9.17, 15) is 5.11 Å². The SMILES string of the molecule is CCC(O)c1nc(C)cs1. The highest BCUT2D eigenvalue weighted by molar-refractivity contribution is 7.09. The predicted molar refractivity (Wildman–Crippen MR) is 42.1 cm³/mol. The minimum Gasteiger partial charge on any atom is -0.386 e. The molecule has 3 heteroatoms. The molecule has 1 heterocycles. The summed E-state index contributed by atoms with van der Waals surface area (Å²) in [4.78, 5) is 4.15. The Kier molecular flexibility index (Phi) is 2.40. The summed E-state index contributed by atoms with van der Waals surface area (Å²) in [7, 11) is 0. The summed E-state index contributed by atoms with van der Waals surface area (Å²) in [5, 5.41) is 12.1. The van der Waals surface area contributed by atoms with Gasteiger partial charge in [0.2, 0.25) is 0 Å². The first-order chi connectivity index (χ1) is 4.74. The highest BCUT2D eigenvalue weighted by atomic mass is 32.1. The van der Waals surface area contributed by atoms with E-state index in [0.717, 1.165) is 17.1 Å². The molecule has 0 radical (unpaired) electrons. The molecule has 0 saturated carbocycles. The lowest BCUT2D eigenvalue weighted by Crippen LogP contribution is -1.93. The molecule has 1 rings (SSSR count). The first-order valence-electron chi connectivity index (χ1n) is 3.34. The van der Waals surface area contributed by atoms with E-state index in [0.29, 0.717) is 0 Å². The van der Waals surface area contributed by atoms with E-state index in [1.165, 1.54) is 11.3 Å². The number of aryl methyl sites for hydroxylation is 1. The lowest BCUT2D eigenvalue weighted by Gasteiger charge is -2.00. The molecule has 1 unspecified atom stereocenters. The molecule has 1 aromatic heterocycles. The van der Waals surface area contributed by atoms with Crippen LogP contribution >= 0.6 is 11.3 Å². The number of aliphatic hydroxyl groups excluding tert-OH is 1. The Balaban J connectivity index is 2.74. The Hall–Kier alpha value is -0.410. The van der Waals surface area contributed by atoms with Gasteiger partial charge < -0.3 is 5.11 Å². The summed E-state index contributed by atoms with van der Waals surface area (Å²) < 4.78 is 0. The second-order valence-electron chi connectivity index (χ2n) is 2.25. The zero-order valence-electron chi connectivity index (χ0n) is 6.16. The molecule has 2 nitrogen and oxygen atoms in total. The molecule has 0 aromatic carbocycles. The number of hydrogen-bond acceptors (Lipinski definition) is 3. The summed E-state index contributed by atoms with van der Waals surface area (Å²) in [6, 6.07) is 0. The third-order valence-corrected chi connectivity index (χ3v) is 2.37. The van der Waals surface area contributed by atoms with E-state index in [-0.39, 0.29) is 6.10 Å². The van der Waals surface area contributed by atoms with Gasteiger partial charge in [0.25, 0.3) is 0 Å². The summed E-state index contributed by atoms with van der Waals surface area (Å²) >= 11 is 1.52. The van der Waals surface area contributed by atoms with Gasteiger partial charge in [-0.05, 0) is 13.3 Å². The van der Waals surface area contributed by atoms with E-state index in [4.69, 9.17) is 0 Å². The van der Waals surface area contributed by atoms with Gasteiger partial charge in [-0.1, -0.05) is 6.92 Å². The van der Waals surface area contributed by atoms with Crippen LogP contribution < -0.4 is 0 Å². The maximum Gasteiger partial charge on any atom is 0.121 e. The van der Waals surface area contributed by atoms with Crippen LogP contribution in [-0.4, -0.2) is 10.1 Å². The van der Waals surface area contributed by atoms with Crippen LogP contribution in [0.15, 0.2) is 5.38 Å². The van der Waals surface area contributed by atoms with Crippen molar-refractivity contribution in [1.29, 1.82) is 0 Å². The molecule has 0 amide bonds. The predicted octanol–water partition coefficient (Wildman–Crippen LogP) is 1.89. The molecule has 10 heavy (non-hydrogen) atoms. The summed E-state index contributed by atoms with van der Waals surface area (Å²) in [5.74, 6) is 0. The number of aromatic nitrogens is 1. The molecule has 56 valence electrons. The second-order valence-corrected chi connectivity index (χ2v) is 3.14. The van der Waals surface area contributed by atoms with Crippen molar-refractivity contribution >= 4 is 11.3 Å². The van der Waals surface area contributed by atoms with E-state index in [1.807, 2.05) is 19.2 Å². The molecule has 1 N–H and O–H groups in total. The molecule has 0 aliphatic heterocycles. The van der Waals surface area contributed by atoms with Gasteiger partial charge in [0.1, 0.15) is 11.1 Å². The van der Waals surface area contributed by atoms with E-state index < -0.39 is 0 Å². The summed E-state index contributed by atoms with van der Waals surface area (Å²) in [6.45, 7) is 3.88. The van der Waals surface area contributed by atoms with Gasteiger partial charge in [0, 0.05) is 11.1 Å². The minimum absolute atomic E-state index is 0.362. The molecule has 1 aromatic rings. The third kappa shape index (κ3) is 1.55. The second kappa shape index (κ2) is 3.12. The quantitative estimate of drug-likeness (QED) is 0.711. The van der Waals surface area contributed by atoms with Crippen molar-refractivity contribution in [2.75, 3.05) is 0 Å². The van der Waals surface area contributed by atoms with Gasteiger partial charge in [-0.3, -0.25) is 0 Å². The topological polar surface area (TPSA) is 33.1 Å². The van der Waals surface area contributed by atoms with Crippen molar-refractivity contribution in [2.24, 2.45) is 0 Å². The van der Waals surface area contributed by atoms with E-state index >= 15 is 0 Å². The lowest BCUT2D eigenvalue weighted by atomic mass is 10.3. The average Bonchev–Trinajstić information content (AvgIpc) is 2.34. The maximum absolute atomic E-state index is 9.29. The van der Waals surface area contributed by atoms with Gasteiger partial charge in [0.15, 0.2) is 0 Å². The molecule has 0 bridgehead atoms. The molecule has 1 atom stereocenters. The Morgan fingerprint density at radius 1 is 1.80 bits per heavy atom. The highest BCUT2D eigenvalue weighted by Gasteiger charge is 2.07. The first kappa shape index (κ1) is 7.69. The van der Waals surface area contributed by atoms with Crippen molar-refractivity contribution in [3.8, 4) is 0 Å². The smallest absolute Gasteiger partial charge is 0.121 e. The van der Waals surface area contributed by atoms with Crippen LogP contribution in [0.2, 0.25) is 0 Å². The van der Waals surface area contributed by atoms with Gasteiger partial charge in [-0.25, -0.2) is 4.98 Å². The molecule has 0 spiro atoms. The van der Waals surface area contributed by atoms with Crippen molar-refractivity contribution < 1.29 is 5.11 Å². The van der Waals surface area contributed by atoms with Crippen LogP contribution in [0.5, 0.6) is 0 Å². The number of rotatable bonds is 2. The Morgan fingerprint density at radius 3 is 2.90 bits per heavy atom. The van der Waals surface area contributed by atoms with Crippen molar-refractivity contribution in [1.82, 2.24) is 4.98 Å².